The van der Waals surface area contributed by atoms with Gasteiger partial charge in [-0.15, -0.1) is 0 Å². The van der Waals surface area contributed by atoms with E-state index in [-0.39, 0.29) is 24.7 Å². The molecule has 4 rings (SSSR count). The summed E-state index contributed by atoms with van der Waals surface area (Å²) in [5.74, 6) is -5.79. The molecule has 0 aromatic heterocycles. The number of primary amides is 1. The van der Waals surface area contributed by atoms with Crippen molar-refractivity contribution in [2.45, 2.75) is 88.4 Å². The van der Waals surface area contributed by atoms with Crippen LogP contribution in [0.1, 0.15) is 80.1 Å². The van der Waals surface area contributed by atoms with Crippen molar-refractivity contribution >= 4 is 17.8 Å². The molecule has 0 spiro atoms. The predicted octanol–water partition coefficient (Wildman–Crippen LogP) is 3.77. The van der Waals surface area contributed by atoms with Crippen molar-refractivity contribution in [1.29, 1.82) is 0 Å². The fraction of sp³-hybridized carbons (Fsp3) is 0.700. The fourth-order valence-electron chi connectivity index (χ4n) is 6.53. The van der Waals surface area contributed by atoms with Crippen LogP contribution in [0.15, 0.2) is 24.3 Å². The van der Waals surface area contributed by atoms with E-state index in [1.165, 1.54) is 0 Å². The molecule has 3 aliphatic rings. The van der Waals surface area contributed by atoms with E-state index < -0.39 is 42.6 Å². The van der Waals surface area contributed by atoms with Crippen molar-refractivity contribution in [2.75, 3.05) is 32.8 Å². The van der Waals surface area contributed by atoms with Gasteiger partial charge in [0.25, 0.3) is 0 Å². The molecule has 2 saturated heterocycles. The van der Waals surface area contributed by atoms with Gasteiger partial charge in [0.1, 0.15) is 0 Å². The Morgan fingerprint density at radius 2 is 1.57 bits per heavy atom. The van der Waals surface area contributed by atoms with Gasteiger partial charge >= 0.3 is 12.1 Å². The lowest BCUT2D eigenvalue weighted by molar-refractivity contribution is -0.192. The zero-order valence-corrected chi connectivity index (χ0v) is 24.7. The molecule has 5 N–H and O–H groups in total. The van der Waals surface area contributed by atoms with Crippen LogP contribution in [0.5, 0.6) is 0 Å². The molecular formula is C30H42F5N3O6. The largest absolute Gasteiger partial charge is 0.490 e. The fourth-order valence-corrected chi connectivity index (χ4v) is 6.53. The summed E-state index contributed by atoms with van der Waals surface area (Å²) in [5.41, 5.74) is 5.85. The number of rotatable bonds is 10. The molecule has 0 radical (unpaired) electrons. The van der Waals surface area contributed by atoms with Gasteiger partial charge in [0, 0.05) is 50.1 Å². The summed E-state index contributed by atoms with van der Waals surface area (Å²) < 4.78 is 59.1. The maximum absolute atomic E-state index is 13.7. The number of alkyl halides is 5. The Kier molecular flexibility index (Phi) is 11.7. The van der Waals surface area contributed by atoms with Crippen molar-refractivity contribution in [3.63, 3.8) is 0 Å². The summed E-state index contributed by atoms with van der Waals surface area (Å²) in [6.07, 6.45) is -0.581. The predicted molar refractivity (Wildman–Crippen MR) is 150 cm³/mol. The monoisotopic (exact) mass is 635 g/mol. The smallest absolute Gasteiger partial charge is 0.475 e. The van der Waals surface area contributed by atoms with Gasteiger partial charge in [-0.3, -0.25) is 14.5 Å². The molecule has 1 aromatic carbocycles. The molecule has 1 aromatic rings. The van der Waals surface area contributed by atoms with E-state index in [4.69, 9.17) is 15.6 Å². The standard InChI is InChI=1S/C28H41F2N3O4.C2HF3O2/c1-27(17-34,18-35)26(37)32(16-19-7-9-28(29,30)10-8-19)11-12-33-23-5-6-24(33)15-22(14-23)20-3-2-4-21(13-20)25(31)36;3-2(4,5)1(6)7/h2-4,13,19,22-24,34-35H,5-12,14-18H2,1H3,(H2,31,36);(H,6,7)/t22?,23-,24+;. The van der Waals surface area contributed by atoms with E-state index in [0.29, 0.717) is 56.0 Å². The lowest BCUT2D eigenvalue weighted by Crippen LogP contribution is -2.52. The van der Waals surface area contributed by atoms with Crippen molar-refractivity contribution in [3.05, 3.63) is 35.4 Å². The topological polar surface area (TPSA) is 144 Å². The van der Waals surface area contributed by atoms with Crippen LogP contribution >= 0.6 is 0 Å². The van der Waals surface area contributed by atoms with E-state index in [0.717, 1.165) is 31.2 Å². The van der Waals surface area contributed by atoms with Gasteiger partial charge < -0.3 is 26.0 Å². The number of amides is 2. The average molecular weight is 636 g/mol. The lowest BCUT2D eigenvalue weighted by Gasteiger charge is -2.42. The van der Waals surface area contributed by atoms with Gasteiger partial charge in [0.15, 0.2) is 0 Å². The number of hydrogen-bond donors (Lipinski definition) is 4. The molecule has 1 saturated carbocycles. The maximum Gasteiger partial charge on any atom is 0.490 e. The third-order valence-corrected chi connectivity index (χ3v) is 9.21. The number of aliphatic carboxylic acids is 1. The number of fused-ring (bicyclic) bond motifs is 2. The number of carboxylic acids is 1. The molecule has 2 amide bonds. The van der Waals surface area contributed by atoms with E-state index >= 15 is 0 Å². The number of nitrogens with two attached hydrogens (primary N) is 1. The first-order valence-electron chi connectivity index (χ1n) is 14.8. The van der Waals surface area contributed by atoms with Gasteiger partial charge in [0.05, 0.1) is 18.6 Å². The molecule has 248 valence electrons. The first-order chi connectivity index (χ1) is 20.5. The number of halogens is 5. The summed E-state index contributed by atoms with van der Waals surface area (Å²) >= 11 is 0. The first-order valence-corrected chi connectivity index (χ1v) is 14.8. The molecule has 9 nitrogen and oxygen atoms in total. The van der Waals surface area contributed by atoms with Crippen LogP contribution in [-0.2, 0) is 9.59 Å². The number of hydrogen-bond acceptors (Lipinski definition) is 6. The van der Waals surface area contributed by atoms with Gasteiger partial charge in [-0.2, -0.15) is 13.2 Å². The minimum Gasteiger partial charge on any atom is -0.475 e. The molecule has 1 unspecified atom stereocenters. The third-order valence-electron chi connectivity index (χ3n) is 9.21. The van der Waals surface area contributed by atoms with E-state index in [9.17, 15) is 41.8 Å². The molecule has 3 atom stereocenters. The normalized spacial score (nSPS) is 23.9. The number of aliphatic hydroxyl groups is 2. The number of carbonyl (C=O) groups is 3. The van der Waals surface area contributed by atoms with E-state index in [1.807, 2.05) is 12.1 Å². The highest BCUT2D eigenvalue weighted by molar-refractivity contribution is 5.92. The summed E-state index contributed by atoms with van der Waals surface area (Å²) in [6, 6.07) is 8.32. The second kappa shape index (κ2) is 14.5. The molecule has 2 aliphatic heterocycles. The maximum atomic E-state index is 13.7. The Bertz CT molecular complexity index is 1140. The van der Waals surface area contributed by atoms with E-state index in [2.05, 4.69) is 11.0 Å². The summed E-state index contributed by atoms with van der Waals surface area (Å²) in [4.78, 5) is 38.1. The lowest BCUT2D eigenvalue weighted by atomic mass is 9.84. The SMILES string of the molecule is CC(CO)(CO)C(=O)N(CCN1[C@@H]2CC[C@H]1CC(c1cccc(C(N)=O)c1)C2)CC1CCC(F)(F)CC1.O=C(O)C(F)(F)F. The third kappa shape index (κ3) is 9.10. The van der Waals surface area contributed by atoms with Gasteiger partial charge in [-0.05, 0) is 75.0 Å². The summed E-state index contributed by atoms with van der Waals surface area (Å²) in [7, 11) is 0. The quantitative estimate of drug-likeness (QED) is 0.287. The van der Waals surface area contributed by atoms with Crippen molar-refractivity contribution in [1.82, 2.24) is 9.80 Å². The highest BCUT2D eigenvalue weighted by atomic mass is 19.4. The molecular weight excluding hydrogens is 593 g/mol. The Hall–Kier alpha value is -2.84. The zero-order chi connectivity index (χ0) is 32.9. The van der Waals surface area contributed by atoms with Gasteiger partial charge in [-0.1, -0.05) is 12.1 Å². The second-order valence-electron chi connectivity index (χ2n) is 12.5. The highest BCUT2D eigenvalue weighted by Gasteiger charge is 2.43. The number of aliphatic hydroxyl groups excluding tert-OH is 2. The first kappa shape index (κ1) is 35.6. The number of carboxylic acid groups (broad SMARTS) is 1. The number of carbonyl (C=O) groups excluding carboxylic acids is 2. The van der Waals surface area contributed by atoms with Gasteiger partial charge in [0.2, 0.25) is 17.7 Å². The van der Waals surface area contributed by atoms with Crippen LogP contribution < -0.4 is 5.73 Å². The summed E-state index contributed by atoms with van der Waals surface area (Å²) in [5, 5.41) is 26.8. The Balaban J connectivity index is 0.000000676. The Morgan fingerprint density at radius 3 is 2.05 bits per heavy atom. The van der Waals surface area contributed by atoms with E-state index in [1.54, 1.807) is 17.9 Å². The van der Waals surface area contributed by atoms with Crippen LogP contribution in [0.4, 0.5) is 22.0 Å². The minimum absolute atomic E-state index is 0.00907. The Labute approximate surface area is 253 Å². The highest BCUT2D eigenvalue weighted by Crippen LogP contribution is 2.43. The molecule has 14 heteroatoms. The molecule has 1 aliphatic carbocycles. The minimum atomic E-state index is -5.08. The number of nitrogens with zero attached hydrogens (tertiary/aromatic N) is 2. The van der Waals surface area contributed by atoms with Crippen LogP contribution in [-0.4, -0.2) is 99.9 Å². The van der Waals surface area contributed by atoms with Crippen LogP contribution in [0.3, 0.4) is 0 Å². The second-order valence-corrected chi connectivity index (χ2v) is 12.5. The van der Waals surface area contributed by atoms with Crippen molar-refractivity contribution < 1.29 is 51.7 Å². The molecule has 2 bridgehead atoms. The van der Waals surface area contributed by atoms with Crippen molar-refractivity contribution in [2.24, 2.45) is 17.1 Å². The number of piperidine rings is 1. The molecule has 3 fully saturated rings. The van der Waals surface area contributed by atoms with Gasteiger partial charge in [-0.25, -0.2) is 13.6 Å². The van der Waals surface area contributed by atoms with Crippen LogP contribution in [0.25, 0.3) is 0 Å². The summed E-state index contributed by atoms with van der Waals surface area (Å²) in [6.45, 7) is 2.09. The number of benzene rings is 1. The van der Waals surface area contributed by atoms with Crippen LogP contribution in [0, 0.1) is 11.3 Å². The zero-order valence-electron chi connectivity index (χ0n) is 24.7. The molecule has 44 heavy (non-hydrogen) atoms. The Morgan fingerprint density at radius 1 is 1.02 bits per heavy atom. The average Bonchev–Trinajstić information content (AvgIpc) is 3.21. The molecule has 2 heterocycles. The van der Waals surface area contributed by atoms with Crippen molar-refractivity contribution in [3.8, 4) is 0 Å². The van der Waals surface area contributed by atoms with Crippen LogP contribution in [0.2, 0.25) is 0 Å².